The molecule has 1 aromatic carbocycles. The SMILES string of the molecule is CCC(C)N1CCN(C2Cc3ccccc3C2O)CC1. The lowest BCUT2D eigenvalue weighted by atomic mass is 10.1. The highest BCUT2D eigenvalue weighted by Crippen LogP contribution is 2.34. The van der Waals surface area contributed by atoms with E-state index in [0.29, 0.717) is 6.04 Å². The fourth-order valence-electron chi connectivity index (χ4n) is 3.65. The van der Waals surface area contributed by atoms with E-state index in [-0.39, 0.29) is 12.1 Å². The van der Waals surface area contributed by atoms with E-state index < -0.39 is 0 Å². The van der Waals surface area contributed by atoms with Gasteiger partial charge in [-0.2, -0.15) is 0 Å². The van der Waals surface area contributed by atoms with Crippen molar-refractivity contribution >= 4 is 0 Å². The maximum Gasteiger partial charge on any atom is 0.0951 e. The van der Waals surface area contributed by atoms with Gasteiger partial charge >= 0.3 is 0 Å². The van der Waals surface area contributed by atoms with Gasteiger partial charge in [0.05, 0.1) is 6.10 Å². The highest BCUT2D eigenvalue weighted by molar-refractivity contribution is 5.35. The van der Waals surface area contributed by atoms with Crippen LogP contribution in [-0.2, 0) is 6.42 Å². The third-order valence-electron chi connectivity index (χ3n) is 5.20. The molecule has 1 saturated heterocycles. The molecular weight excluding hydrogens is 248 g/mol. The van der Waals surface area contributed by atoms with Crippen LogP contribution < -0.4 is 0 Å². The molecule has 110 valence electrons. The quantitative estimate of drug-likeness (QED) is 0.914. The summed E-state index contributed by atoms with van der Waals surface area (Å²) in [5.74, 6) is 0. The number of piperazine rings is 1. The normalized spacial score (nSPS) is 29.4. The lowest BCUT2D eigenvalue weighted by Gasteiger charge is -2.41. The zero-order chi connectivity index (χ0) is 14.1. The Morgan fingerprint density at radius 2 is 1.90 bits per heavy atom. The zero-order valence-corrected chi connectivity index (χ0v) is 12.6. The van der Waals surface area contributed by atoms with Crippen LogP contribution >= 0.6 is 0 Å². The van der Waals surface area contributed by atoms with Crippen LogP contribution in [-0.4, -0.2) is 53.2 Å². The number of hydrogen-bond acceptors (Lipinski definition) is 3. The monoisotopic (exact) mass is 274 g/mol. The van der Waals surface area contributed by atoms with Gasteiger partial charge in [0.2, 0.25) is 0 Å². The molecule has 0 bridgehead atoms. The summed E-state index contributed by atoms with van der Waals surface area (Å²) in [5.41, 5.74) is 2.47. The van der Waals surface area contributed by atoms with Crippen LogP contribution in [0.15, 0.2) is 24.3 Å². The lowest BCUT2D eigenvalue weighted by molar-refractivity contribution is 0.0183. The summed E-state index contributed by atoms with van der Waals surface area (Å²) in [6.07, 6.45) is 1.92. The molecule has 3 unspecified atom stereocenters. The van der Waals surface area contributed by atoms with Crippen molar-refractivity contribution < 1.29 is 5.11 Å². The average molecular weight is 274 g/mol. The van der Waals surface area contributed by atoms with Crippen molar-refractivity contribution in [3.05, 3.63) is 35.4 Å². The summed E-state index contributed by atoms with van der Waals surface area (Å²) in [6.45, 7) is 9.01. The Kier molecular flexibility index (Phi) is 4.11. The van der Waals surface area contributed by atoms with Crippen molar-refractivity contribution in [2.24, 2.45) is 0 Å². The van der Waals surface area contributed by atoms with Gasteiger partial charge in [0.15, 0.2) is 0 Å². The molecule has 3 heteroatoms. The van der Waals surface area contributed by atoms with Gasteiger partial charge in [0.1, 0.15) is 0 Å². The summed E-state index contributed by atoms with van der Waals surface area (Å²) >= 11 is 0. The second kappa shape index (κ2) is 5.84. The van der Waals surface area contributed by atoms with Gasteiger partial charge in [-0.1, -0.05) is 31.2 Å². The van der Waals surface area contributed by atoms with Gasteiger partial charge in [0.25, 0.3) is 0 Å². The van der Waals surface area contributed by atoms with Crippen molar-refractivity contribution in [3.8, 4) is 0 Å². The maximum atomic E-state index is 10.6. The van der Waals surface area contributed by atoms with Crippen LogP contribution in [0.3, 0.4) is 0 Å². The first-order chi connectivity index (χ1) is 9.70. The first-order valence-corrected chi connectivity index (χ1v) is 7.94. The molecule has 0 amide bonds. The Bertz CT molecular complexity index is 454. The van der Waals surface area contributed by atoms with Crippen LogP contribution in [0.5, 0.6) is 0 Å². The number of hydrogen-bond donors (Lipinski definition) is 1. The van der Waals surface area contributed by atoms with E-state index in [4.69, 9.17) is 0 Å². The number of fused-ring (bicyclic) bond motifs is 1. The molecule has 20 heavy (non-hydrogen) atoms. The van der Waals surface area contributed by atoms with Gasteiger partial charge in [-0.05, 0) is 30.9 Å². The Balaban J connectivity index is 1.63. The minimum Gasteiger partial charge on any atom is -0.387 e. The number of aliphatic hydroxyl groups excluding tert-OH is 1. The van der Waals surface area contributed by atoms with Crippen LogP contribution in [0.1, 0.15) is 37.5 Å². The van der Waals surface area contributed by atoms with Crippen molar-refractivity contribution in [3.63, 3.8) is 0 Å². The molecule has 2 aliphatic rings. The molecule has 0 aromatic heterocycles. The minimum absolute atomic E-state index is 0.284. The summed E-state index contributed by atoms with van der Waals surface area (Å²) in [4.78, 5) is 5.06. The fraction of sp³-hybridized carbons (Fsp3) is 0.647. The van der Waals surface area contributed by atoms with E-state index >= 15 is 0 Å². The largest absolute Gasteiger partial charge is 0.387 e. The zero-order valence-electron chi connectivity index (χ0n) is 12.6. The van der Waals surface area contributed by atoms with Crippen molar-refractivity contribution in [1.82, 2.24) is 9.80 Å². The third kappa shape index (κ3) is 2.50. The molecule has 1 fully saturated rings. The predicted molar refractivity (Wildman–Crippen MR) is 81.8 cm³/mol. The second-order valence-corrected chi connectivity index (χ2v) is 6.24. The molecule has 3 rings (SSSR count). The van der Waals surface area contributed by atoms with Crippen molar-refractivity contribution in [2.45, 2.75) is 44.9 Å². The summed E-state index contributed by atoms with van der Waals surface area (Å²) in [7, 11) is 0. The molecule has 1 aliphatic heterocycles. The topological polar surface area (TPSA) is 26.7 Å². The first kappa shape index (κ1) is 14.1. The van der Waals surface area contributed by atoms with E-state index in [9.17, 15) is 5.11 Å². The molecule has 1 aliphatic carbocycles. The summed E-state index contributed by atoms with van der Waals surface area (Å²) in [5, 5.41) is 10.6. The van der Waals surface area contributed by atoms with Gasteiger partial charge in [-0.15, -0.1) is 0 Å². The van der Waals surface area contributed by atoms with Crippen LogP contribution in [0.25, 0.3) is 0 Å². The Morgan fingerprint density at radius 3 is 2.55 bits per heavy atom. The number of aliphatic hydroxyl groups is 1. The molecule has 0 saturated carbocycles. The van der Waals surface area contributed by atoms with Crippen LogP contribution in [0.2, 0.25) is 0 Å². The van der Waals surface area contributed by atoms with Gasteiger partial charge < -0.3 is 5.11 Å². The van der Waals surface area contributed by atoms with Gasteiger partial charge in [-0.3, -0.25) is 9.80 Å². The number of benzene rings is 1. The van der Waals surface area contributed by atoms with Gasteiger partial charge in [-0.25, -0.2) is 0 Å². The van der Waals surface area contributed by atoms with E-state index in [2.05, 4.69) is 41.8 Å². The van der Waals surface area contributed by atoms with E-state index in [1.54, 1.807) is 0 Å². The fourth-order valence-corrected chi connectivity index (χ4v) is 3.65. The smallest absolute Gasteiger partial charge is 0.0951 e. The lowest BCUT2D eigenvalue weighted by Crippen LogP contribution is -2.53. The van der Waals surface area contributed by atoms with Gasteiger partial charge in [0, 0.05) is 38.3 Å². The van der Waals surface area contributed by atoms with Crippen molar-refractivity contribution in [1.29, 1.82) is 0 Å². The standard InChI is InChI=1S/C17H26N2O/c1-3-13(2)18-8-10-19(11-9-18)16-12-14-6-4-5-7-15(14)17(16)20/h4-7,13,16-17,20H,3,8-12H2,1-2H3. The molecule has 3 nitrogen and oxygen atoms in total. The molecule has 1 heterocycles. The van der Waals surface area contributed by atoms with Crippen molar-refractivity contribution in [2.75, 3.05) is 26.2 Å². The van der Waals surface area contributed by atoms with Crippen LogP contribution in [0, 0.1) is 0 Å². The van der Waals surface area contributed by atoms with Crippen LogP contribution in [0.4, 0.5) is 0 Å². The maximum absolute atomic E-state index is 10.6. The molecule has 0 radical (unpaired) electrons. The Morgan fingerprint density at radius 1 is 1.20 bits per heavy atom. The van der Waals surface area contributed by atoms with E-state index in [1.807, 2.05) is 6.07 Å². The Labute approximate surface area is 122 Å². The molecule has 3 atom stereocenters. The summed E-state index contributed by atoms with van der Waals surface area (Å²) < 4.78 is 0. The Hall–Kier alpha value is -0.900. The molecule has 1 N–H and O–H groups in total. The first-order valence-electron chi connectivity index (χ1n) is 7.94. The number of rotatable bonds is 3. The van der Waals surface area contributed by atoms with E-state index in [0.717, 1.165) is 38.2 Å². The highest BCUT2D eigenvalue weighted by Gasteiger charge is 2.36. The molecular formula is C17H26N2O. The predicted octanol–water partition coefficient (Wildman–Crippen LogP) is 2.06. The van der Waals surface area contributed by atoms with E-state index in [1.165, 1.54) is 12.0 Å². The molecule has 0 spiro atoms. The third-order valence-corrected chi connectivity index (χ3v) is 5.20. The highest BCUT2D eigenvalue weighted by atomic mass is 16.3. The number of nitrogens with zero attached hydrogens (tertiary/aromatic N) is 2. The molecule has 1 aromatic rings. The summed E-state index contributed by atoms with van der Waals surface area (Å²) in [6, 6.07) is 9.32. The average Bonchev–Trinajstić information content (AvgIpc) is 2.84. The second-order valence-electron chi connectivity index (χ2n) is 6.24. The minimum atomic E-state index is -0.304.